The molecule has 18 heavy (non-hydrogen) atoms. The Balaban J connectivity index is 2.37. The number of carboxylic acid groups (broad SMARTS) is 1. The monoisotopic (exact) mass is 252 g/mol. The van der Waals surface area contributed by atoms with Crippen LogP contribution in [0.5, 0.6) is 0 Å². The first-order valence-electron chi connectivity index (χ1n) is 6.25. The van der Waals surface area contributed by atoms with Gasteiger partial charge in [0.25, 0.3) is 0 Å². The molecule has 0 bridgehead atoms. The van der Waals surface area contributed by atoms with Crippen molar-refractivity contribution in [1.29, 1.82) is 0 Å². The minimum absolute atomic E-state index is 0.0582. The normalized spacial score (nSPS) is 18.0. The summed E-state index contributed by atoms with van der Waals surface area (Å²) >= 11 is 0. The van der Waals surface area contributed by atoms with Crippen LogP contribution in [0, 0.1) is 17.8 Å². The zero-order valence-corrected chi connectivity index (χ0v) is 10.7. The van der Waals surface area contributed by atoms with Gasteiger partial charge in [0.1, 0.15) is 0 Å². The van der Waals surface area contributed by atoms with Gasteiger partial charge < -0.3 is 15.7 Å². The minimum atomic E-state index is -0.829. The minimum Gasteiger partial charge on any atom is -0.481 e. The van der Waals surface area contributed by atoms with Crippen LogP contribution < -0.4 is 10.6 Å². The fraction of sp³-hybridized carbons (Fsp3) is 0.692. The number of amides is 2. The van der Waals surface area contributed by atoms with Gasteiger partial charge in [-0.2, -0.15) is 0 Å². The van der Waals surface area contributed by atoms with Gasteiger partial charge in [-0.15, -0.1) is 12.3 Å². The summed E-state index contributed by atoms with van der Waals surface area (Å²) in [6.07, 6.45) is 8.59. The summed E-state index contributed by atoms with van der Waals surface area (Å²) in [7, 11) is 0. The van der Waals surface area contributed by atoms with Gasteiger partial charge in [-0.25, -0.2) is 4.79 Å². The Morgan fingerprint density at radius 2 is 2.17 bits per heavy atom. The van der Waals surface area contributed by atoms with E-state index in [4.69, 9.17) is 11.5 Å². The molecule has 1 rings (SSSR count). The zero-order valence-electron chi connectivity index (χ0n) is 10.7. The molecule has 100 valence electrons. The molecule has 0 aromatic carbocycles. The number of carbonyl (C=O) groups excluding carboxylic acids is 1. The molecule has 0 aliphatic heterocycles. The van der Waals surface area contributed by atoms with Crippen molar-refractivity contribution in [2.24, 2.45) is 5.41 Å². The first kappa shape index (κ1) is 14.4. The summed E-state index contributed by atoms with van der Waals surface area (Å²) in [5.74, 6) is 1.67. The van der Waals surface area contributed by atoms with Crippen LogP contribution >= 0.6 is 0 Å². The van der Waals surface area contributed by atoms with Gasteiger partial charge >= 0.3 is 12.0 Å². The SMILES string of the molecule is C#CCC(CC)NC(=O)NCC1(C(=O)O)CCC1. The summed E-state index contributed by atoms with van der Waals surface area (Å²) in [5.41, 5.74) is -0.759. The van der Waals surface area contributed by atoms with Gasteiger partial charge in [-0.05, 0) is 19.3 Å². The Hall–Kier alpha value is -1.70. The molecule has 1 fully saturated rings. The Kier molecular flexibility index (Phi) is 5.02. The average Bonchev–Trinajstić information content (AvgIpc) is 2.26. The van der Waals surface area contributed by atoms with Crippen LogP contribution in [-0.2, 0) is 4.79 Å². The third-order valence-corrected chi connectivity index (χ3v) is 3.54. The summed E-state index contributed by atoms with van der Waals surface area (Å²) in [5, 5.41) is 14.5. The molecule has 1 atom stereocenters. The van der Waals surface area contributed by atoms with Crippen molar-refractivity contribution in [3.05, 3.63) is 0 Å². The van der Waals surface area contributed by atoms with Crippen LogP contribution in [0.25, 0.3) is 0 Å². The van der Waals surface area contributed by atoms with Gasteiger partial charge in [-0.3, -0.25) is 4.79 Å². The molecule has 1 aliphatic rings. The van der Waals surface area contributed by atoms with E-state index in [1.807, 2.05) is 6.92 Å². The maximum absolute atomic E-state index is 11.6. The molecule has 3 N–H and O–H groups in total. The fourth-order valence-electron chi connectivity index (χ4n) is 2.00. The van der Waals surface area contributed by atoms with Crippen LogP contribution in [0.1, 0.15) is 39.0 Å². The number of carboxylic acids is 1. The lowest BCUT2D eigenvalue weighted by atomic mass is 9.69. The van der Waals surface area contributed by atoms with E-state index in [1.165, 1.54) is 0 Å². The van der Waals surface area contributed by atoms with Crippen LogP contribution in [0.15, 0.2) is 0 Å². The van der Waals surface area contributed by atoms with E-state index in [2.05, 4.69) is 16.6 Å². The molecule has 0 heterocycles. The number of hydrogen-bond donors (Lipinski definition) is 3. The molecular formula is C13H20N2O3. The fourth-order valence-corrected chi connectivity index (χ4v) is 2.00. The molecular weight excluding hydrogens is 232 g/mol. The standard InChI is InChI=1S/C13H20N2O3/c1-3-6-10(4-2)15-12(18)14-9-13(11(16)17)7-5-8-13/h1,10H,4-9H2,2H3,(H,16,17)(H2,14,15,18). The van der Waals surface area contributed by atoms with E-state index in [0.717, 1.165) is 12.8 Å². The smallest absolute Gasteiger partial charge is 0.315 e. The highest BCUT2D eigenvalue weighted by molar-refractivity contribution is 5.79. The Bertz CT molecular complexity index is 356. The predicted octanol–water partition coefficient (Wildman–Crippen LogP) is 1.34. The van der Waals surface area contributed by atoms with Crippen LogP contribution in [0.2, 0.25) is 0 Å². The molecule has 0 spiro atoms. The van der Waals surface area contributed by atoms with Crippen molar-refractivity contribution in [2.75, 3.05) is 6.54 Å². The van der Waals surface area contributed by atoms with Crippen molar-refractivity contribution >= 4 is 12.0 Å². The molecule has 5 nitrogen and oxygen atoms in total. The molecule has 5 heteroatoms. The average molecular weight is 252 g/mol. The largest absolute Gasteiger partial charge is 0.481 e. The van der Waals surface area contributed by atoms with E-state index in [9.17, 15) is 9.59 Å². The molecule has 1 unspecified atom stereocenters. The van der Waals surface area contributed by atoms with Gasteiger partial charge in [0, 0.05) is 19.0 Å². The highest BCUT2D eigenvalue weighted by Gasteiger charge is 2.44. The van der Waals surface area contributed by atoms with Crippen molar-refractivity contribution in [3.8, 4) is 12.3 Å². The Morgan fingerprint density at radius 1 is 1.50 bits per heavy atom. The lowest BCUT2D eigenvalue weighted by Crippen LogP contribution is -2.51. The van der Waals surface area contributed by atoms with Gasteiger partial charge in [0.15, 0.2) is 0 Å². The number of aliphatic carboxylic acids is 1. The second-order valence-electron chi connectivity index (χ2n) is 4.78. The number of carbonyl (C=O) groups is 2. The lowest BCUT2D eigenvalue weighted by Gasteiger charge is -2.37. The predicted molar refractivity (Wildman–Crippen MR) is 68.0 cm³/mol. The zero-order chi connectivity index (χ0) is 13.6. The number of nitrogens with one attached hydrogen (secondary N) is 2. The van der Waals surface area contributed by atoms with E-state index in [1.54, 1.807) is 0 Å². The molecule has 2 amide bonds. The molecule has 0 aromatic rings. The van der Waals surface area contributed by atoms with Gasteiger partial charge in [0.05, 0.1) is 5.41 Å². The first-order valence-corrected chi connectivity index (χ1v) is 6.25. The number of terminal acetylenes is 1. The van der Waals surface area contributed by atoms with Crippen molar-refractivity contribution in [1.82, 2.24) is 10.6 Å². The van der Waals surface area contributed by atoms with Gasteiger partial charge in [-0.1, -0.05) is 13.3 Å². The van der Waals surface area contributed by atoms with Gasteiger partial charge in [0.2, 0.25) is 0 Å². The van der Waals surface area contributed by atoms with E-state index in [-0.39, 0.29) is 18.6 Å². The molecule has 1 saturated carbocycles. The van der Waals surface area contributed by atoms with Crippen molar-refractivity contribution < 1.29 is 14.7 Å². The third-order valence-electron chi connectivity index (χ3n) is 3.54. The van der Waals surface area contributed by atoms with E-state index in [0.29, 0.717) is 19.3 Å². The van der Waals surface area contributed by atoms with Crippen LogP contribution in [0.4, 0.5) is 4.79 Å². The summed E-state index contributed by atoms with van der Waals surface area (Å²) in [6, 6.07) is -0.401. The highest BCUT2D eigenvalue weighted by Crippen LogP contribution is 2.40. The quantitative estimate of drug-likeness (QED) is 0.624. The lowest BCUT2D eigenvalue weighted by molar-refractivity contribution is -0.153. The van der Waals surface area contributed by atoms with E-state index >= 15 is 0 Å². The highest BCUT2D eigenvalue weighted by atomic mass is 16.4. The molecule has 0 saturated heterocycles. The number of rotatable bonds is 6. The molecule has 0 aromatic heterocycles. The second kappa shape index (κ2) is 6.29. The summed E-state index contributed by atoms with van der Waals surface area (Å²) < 4.78 is 0. The molecule has 0 radical (unpaired) electrons. The number of hydrogen-bond acceptors (Lipinski definition) is 2. The maximum atomic E-state index is 11.6. The second-order valence-corrected chi connectivity index (χ2v) is 4.78. The van der Waals surface area contributed by atoms with Crippen LogP contribution in [0.3, 0.4) is 0 Å². The summed E-state index contributed by atoms with van der Waals surface area (Å²) in [4.78, 5) is 22.7. The maximum Gasteiger partial charge on any atom is 0.315 e. The topological polar surface area (TPSA) is 78.4 Å². The van der Waals surface area contributed by atoms with E-state index < -0.39 is 11.4 Å². The Labute approximate surface area is 107 Å². The van der Waals surface area contributed by atoms with Crippen molar-refractivity contribution in [2.45, 2.75) is 45.1 Å². The Morgan fingerprint density at radius 3 is 2.56 bits per heavy atom. The molecule has 1 aliphatic carbocycles. The van der Waals surface area contributed by atoms with Crippen LogP contribution in [-0.4, -0.2) is 29.7 Å². The van der Waals surface area contributed by atoms with Crippen molar-refractivity contribution in [3.63, 3.8) is 0 Å². The summed E-state index contributed by atoms with van der Waals surface area (Å²) in [6.45, 7) is 2.12. The number of urea groups is 1. The third kappa shape index (κ3) is 3.39. The first-order chi connectivity index (χ1) is 8.54.